The molecule has 0 spiro atoms. The van der Waals surface area contributed by atoms with Gasteiger partial charge >= 0.3 is 0 Å². The molecule has 1 aliphatic rings. The molecule has 2 aromatic rings. The summed E-state index contributed by atoms with van der Waals surface area (Å²) < 4.78 is 26.7. The zero-order valence-corrected chi connectivity index (χ0v) is 16.3. The van der Waals surface area contributed by atoms with Crippen LogP contribution in [0.4, 0.5) is 14.6 Å². The Morgan fingerprint density at radius 3 is 2.19 bits per heavy atom. The van der Waals surface area contributed by atoms with E-state index in [1.165, 1.54) is 0 Å². The minimum absolute atomic E-state index is 0.00543. The number of hydrogen-bond donors (Lipinski definition) is 2. The van der Waals surface area contributed by atoms with Crippen LogP contribution in [0.1, 0.15) is 40.5 Å². The van der Waals surface area contributed by atoms with E-state index < -0.39 is 11.6 Å². The Morgan fingerprint density at radius 1 is 1.04 bits per heavy atom. The number of piperidine rings is 1. The van der Waals surface area contributed by atoms with Crippen molar-refractivity contribution in [1.82, 2.24) is 15.5 Å². The lowest BCUT2D eigenvalue weighted by Gasteiger charge is -2.49. The van der Waals surface area contributed by atoms with Gasteiger partial charge in [0.1, 0.15) is 5.75 Å². The highest BCUT2D eigenvalue weighted by Crippen LogP contribution is 2.34. The summed E-state index contributed by atoms with van der Waals surface area (Å²) in [7, 11) is 1.99. The number of aromatic nitrogens is 2. The van der Waals surface area contributed by atoms with Gasteiger partial charge in [0, 0.05) is 35.8 Å². The number of hydrogen-bond acceptors (Lipinski definition) is 5. The van der Waals surface area contributed by atoms with E-state index in [4.69, 9.17) is 0 Å². The predicted molar refractivity (Wildman–Crippen MR) is 102 cm³/mol. The molecule has 2 N–H and O–H groups in total. The number of phenols is 1. The van der Waals surface area contributed by atoms with Crippen molar-refractivity contribution in [2.45, 2.75) is 57.7 Å². The first-order valence-electron chi connectivity index (χ1n) is 9.02. The lowest BCUT2D eigenvalue weighted by Crippen LogP contribution is -2.62. The van der Waals surface area contributed by atoms with E-state index >= 15 is 0 Å². The van der Waals surface area contributed by atoms with Crippen LogP contribution < -0.4 is 10.2 Å². The summed E-state index contributed by atoms with van der Waals surface area (Å²) in [4.78, 5) is 2.10. The molecule has 0 aliphatic carbocycles. The molecule has 146 valence electrons. The topological polar surface area (TPSA) is 61.3 Å². The Hall–Kier alpha value is -2.28. The van der Waals surface area contributed by atoms with Gasteiger partial charge in [-0.05, 0) is 58.7 Å². The van der Waals surface area contributed by atoms with Crippen LogP contribution >= 0.6 is 0 Å². The number of nitrogens with one attached hydrogen (secondary N) is 1. The number of halogens is 2. The van der Waals surface area contributed by atoms with Gasteiger partial charge in [-0.15, -0.1) is 10.2 Å². The second-order valence-electron chi connectivity index (χ2n) is 8.63. The molecule has 3 rings (SSSR count). The van der Waals surface area contributed by atoms with E-state index in [0.717, 1.165) is 25.0 Å². The van der Waals surface area contributed by atoms with Crippen LogP contribution in [0.3, 0.4) is 0 Å². The third-order valence-corrected chi connectivity index (χ3v) is 5.04. The van der Waals surface area contributed by atoms with E-state index in [1.54, 1.807) is 12.1 Å². The molecule has 0 atom stereocenters. The van der Waals surface area contributed by atoms with E-state index in [-0.39, 0.29) is 34.1 Å². The fraction of sp³-hybridized carbons (Fsp3) is 0.500. The second kappa shape index (κ2) is 6.71. The van der Waals surface area contributed by atoms with Gasteiger partial charge in [0.2, 0.25) is 0 Å². The maximum Gasteiger partial charge on any atom is 0.162 e. The SMILES string of the molecule is CN(c1ccc(-c2cc(F)c(F)cc2O)nn1)C1CC(C)(C)NC(C)(C)C1. The molecule has 0 bridgehead atoms. The summed E-state index contributed by atoms with van der Waals surface area (Å²) in [6.07, 6.45) is 1.92. The summed E-state index contributed by atoms with van der Waals surface area (Å²) >= 11 is 0. The van der Waals surface area contributed by atoms with Crippen LogP contribution in [0.25, 0.3) is 11.3 Å². The van der Waals surface area contributed by atoms with Gasteiger partial charge < -0.3 is 15.3 Å². The van der Waals surface area contributed by atoms with E-state index in [9.17, 15) is 13.9 Å². The zero-order valence-electron chi connectivity index (χ0n) is 16.3. The van der Waals surface area contributed by atoms with Crippen molar-refractivity contribution in [3.63, 3.8) is 0 Å². The third-order valence-electron chi connectivity index (χ3n) is 5.04. The maximum atomic E-state index is 13.5. The summed E-state index contributed by atoms with van der Waals surface area (Å²) in [5.74, 6) is -1.81. The van der Waals surface area contributed by atoms with E-state index in [1.807, 2.05) is 7.05 Å². The van der Waals surface area contributed by atoms with Crippen molar-refractivity contribution in [2.24, 2.45) is 0 Å². The van der Waals surface area contributed by atoms with Crippen LogP contribution in [-0.4, -0.2) is 39.5 Å². The van der Waals surface area contributed by atoms with Crippen molar-refractivity contribution in [3.8, 4) is 17.0 Å². The first-order chi connectivity index (χ1) is 12.5. The molecule has 0 unspecified atom stereocenters. The maximum absolute atomic E-state index is 13.5. The number of nitrogens with zero attached hydrogens (tertiary/aromatic N) is 3. The van der Waals surface area contributed by atoms with Gasteiger partial charge in [0.15, 0.2) is 17.5 Å². The molecule has 1 fully saturated rings. The van der Waals surface area contributed by atoms with Crippen LogP contribution in [0.5, 0.6) is 5.75 Å². The Kier molecular flexibility index (Phi) is 4.84. The quantitative estimate of drug-likeness (QED) is 0.851. The summed E-state index contributed by atoms with van der Waals surface area (Å²) in [5.41, 5.74) is 0.408. The Labute approximate surface area is 158 Å². The van der Waals surface area contributed by atoms with Crippen LogP contribution in [-0.2, 0) is 0 Å². The highest BCUT2D eigenvalue weighted by molar-refractivity contribution is 5.67. The van der Waals surface area contributed by atoms with Crippen molar-refractivity contribution in [1.29, 1.82) is 0 Å². The first kappa shape index (κ1) is 19.5. The number of phenolic OH excluding ortho intramolecular Hbond substituents is 1. The molecular formula is C20H26F2N4O. The van der Waals surface area contributed by atoms with Gasteiger partial charge in [0.25, 0.3) is 0 Å². The molecule has 7 heteroatoms. The van der Waals surface area contributed by atoms with Crippen molar-refractivity contribution in [2.75, 3.05) is 11.9 Å². The highest BCUT2D eigenvalue weighted by atomic mass is 19.2. The van der Waals surface area contributed by atoms with Crippen LogP contribution in [0.2, 0.25) is 0 Å². The van der Waals surface area contributed by atoms with Gasteiger partial charge in [0.05, 0.1) is 5.69 Å². The van der Waals surface area contributed by atoms with Crippen LogP contribution in [0, 0.1) is 11.6 Å². The fourth-order valence-corrected chi connectivity index (χ4v) is 4.13. The molecule has 0 saturated carbocycles. The standard InChI is InChI=1S/C20H26F2N4O/c1-19(2)10-12(11-20(3,4)25-19)26(5)18-7-6-16(23-24-18)13-8-14(21)15(22)9-17(13)27/h6-9,12,25,27H,10-11H2,1-5H3. The van der Waals surface area contributed by atoms with Gasteiger partial charge in [-0.3, -0.25) is 0 Å². The Balaban J connectivity index is 1.84. The van der Waals surface area contributed by atoms with E-state index in [2.05, 4.69) is 48.1 Å². The van der Waals surface area contributed by atoms with Gasteiger partial charge in [-0.1, -0.05) is 0 Å². The molecule has 0 radical (unpaired) electrons. The van der Waals surface area contributed by atoms with Crippen LogP contribution in [0.15, 0.2) is 24.3 Å². The lowest BCUT2D eigenvalue weighted by molar-refractivity contribution is 0.160. The molecule has 0 amide bonds. The largest absolute Gasteiger partial charge is 0.507 e. The van der Waals surface area contributed by atoms with Gasteiger partial charge in [-0.25, -0.2) is 8.78 Å². The average Bonchev–Trinajstić information content (AvgIpc) is 2.55. The molecule has 27 heavy (non-hydrogen) atoms. The number of rotatable bonds is 3. The van der Waals surface area contributed by atoms with Crippen molar-refractivity contribution < 1.29 is 13.9 Å². The lowest BCUT2D eigenvalue weighted by atomic mass is 9.79. The molecule has 1 aliphatic heterocycles. The smallest absolute Gasteiger partial charge is 0.162 e. The Morgan fingerprint density at radius 2 is 1.63 bits per heavy atom. The monoisotopic (exact) mass is 376 g/mol. The minimum Gasteiger partial charge on any atom is -0.507 e. The van der Waals surface area contributed by atoms with E-state index in [0.29, 0.717) is 5.82 Å². The highest BCUT2D eigenvalue weighted by Gasteiger charge is 2.39. The Bertz CT molecular complexity index is 821. The van der Waals surface area contributed by atoms with Crippen molar-refractivity contribution in [3.05, 3.63) is 35.9 Å². The molecule has 1 saturated heterocycles. The number of benzene rings is 1. The second-order valence-corrected chi connectivity index (χ2v) is 8.63. The summed E-state index contributed by atoms with van der Waals surface area (Å²) in [6.45, 7) is 8.76. The van der Waals surface area contributed by atoms with Crippen molar-refractivity contribution >= 4 is 5.82 Å². The molecule has 1 aromatic heterocycles. The molecular weight excluding hydrogens is 350 g/mol. The first-order valence-corrected chi connectivity index (χ1v) is 9.02. The van der Waals surface area contributed by atoms with Gasteiger partial charge in [-0.2, -0.15) is 0 Å². The number of aromatic hydroxyl groups is 1. The summed E-state index contributed by atoms with van der Waals surface area (Å²) in [6, 6.07) is 5.39. The number of anilines is 1. The normalized spacial score (nSPS) is 19.1. The molecule has 1 aromatic carbocycles. The fourth-order valence-electron chi connectivity index (χ4n) is 4.13. The third kappa shape index (κ3) is 4.18. The summed E-state index contributed by atoms with van der Waals surface area (Å²) in [5, 5.41) is 21.9. The molecule has 5 nitrogen and oxygen atoms in total. The zero-order chi connectivity index (χ0) is 20.0. The average molecular weight is 376 g/mol. The minimum atomic E-state index is -1.10. The molecule has 2 heterocycles. The predicted octanol–water partition coefficient (Wildman–Crippen LogP) is 3.87.